The van der Waals surface area contributed by atoms with Crippen molar-refractivity contribution in [3.8, 4) is 21.7 Å². The van der Waals surface area contributed by atoms with Gasteiger partial charge in [0.15, 0.2) is 0 Å². The molecule has 1 aliphatic carbocycles. The van der Waals surface area contributed by atoms with Crippen LogP contribution in [-0.4, -0.2) is 15.4 Å². The zero-order chi connectivity index (χ0) is 30.9. The summed E-state index contributed by atoms with van der Waals surface area (Å²) in [6, 6.07) is 36.7. The van der Waals surface area contributed by atoms with Crippen LogP contribution in [0, 0.1) is 0 Å². The highest BCUT2D eigenvalue weighted by Gasteiger charge is 2.19. The minimum Gasteiger partial charge on any atom is -0.461 e. The van der Waals surface area contributed by atoms with Gasteiger partial charge in [0, 0.05) is 50.9 Å². The fraction of sp³-hybridized carbons (Fsp3) is 0.0976. The lowest BCUT2D eigenvalue weighted by Crippen LogP contribution is -2.28. The van der Waals surface area contributed by atoms with E-state index in [4.69, 9.17) is 9.40 Å². The van der Waals surface area contributed by atoms with Gasteiger partial charge in [0.2, 0.25) is 0 Å². The highest BCUT2D eigenvalue weighted by molar-refractivity contribution is 7.22. The molecular weight excluding hydrogens is 583 g/mol. The first-order chi connectivity index (χ1) is 22.7. The minimum absolute atomic E-state index is 0.0250. The molecule has 5 heteroatoms. The maximum Gasteiger partial charge on any atom is 0.137 e. The molecule has 0 amide bonds. The molecule has 4 aromatic heterocycles. The second-order valence-electron chi connectivity index (χ2n) is 11.6. The SMILES string of the molecule is C=CC(C/C=C/c1cc2c(o1)CCC=C2)N(c1ccc(-c2cn3ccccc3n2)cc1)c1ccc(-c2cc3ccccc3s2)cc1. The number of aryl methyl sites for hydroxylation is 1. The number of benzene rings is 3. The van der Waals surface area contributed by atoms with Gasteiger partial charge in [0.1, 0.15) is 17.2 Å². The number of nitrogens with zero attached hydrogens (tertiary/aromatic N) is 3. The highest BCUT2D eigenvalue weighted by atomic mass is 32.1. The Labute approximate surface area is 272 Å². The van der Waals surface area contributed by atoms with E-state index in [1.165, 1.54) is 26.1 Å². The summed E-state index contributed by atoms with van der Waals surface area (Å²) >= 11 is 1.83. The van der Waals surface area contributed by atoms with Crippen LogP contribution in [0.4, 0.5) is 11.4 Å². The van der Waals surface area contributed by atoms with Gasteiger partial charge in [-0.1, -0.05) is 72.8 Å². The van der Waals surface area contributed by atoms with Gasteiger partial charge >= 0.3 is 0 Å². The Kier molecular flexibility index (Phi) is 7.45. The third-order valence-electron chi connectivity index (χ3n) is 8.62. The normalized spacial score (nSPS) is 13.4. The molecule has 0 bridgehead atoms. The quantitative estimate of drug-likeness (QED) is 0.152. The summed E-state index contributed by atoms with van der Waals surface area (Å²) in [7, 11) is 0. The van der Waals surface area contributed by atoms with Crippen molar-refractivity contribution in [1.82, 2.24) is 9.38 Å². The molecule has 0 saturated carbocycles. The van der Waals surface area contributed by atoms with E-state index in [0.29, 0.717) is 0 Å². The molecule has 3 aromatic carbocycles. The third-order valence-corrected chi connectivity index (χ3v) is 9.79. The highest BCUT2D eigenvalue weighted by Crippen LogP contribution is 2.37. The molecule has 0 fully saturated rings. The average Bonchev–Trinajstić information content (AvgIpc) is 3.85. The number of hydrogen-bond donors (Lipinski definition) is 0. The summed E-state index contributed by atoms with van der Waals surface area (Å²) in [6.07, 6.45) is 17.6. The van der Waals surface area contributed by atoms with Crippen LogP contribution < -0.4 is 4.90 Å². The van der Waals surface area contributed by atoms with E-state index in [2.05, 4.69) is 131 Å². The van der Waals surface area contributed by atoms with Gasteiger partial charge < -0.3 is 13.7 Å². The first-order valence-corrected chi connectivity index (χ1v) is 16.5. The molecule has 8 rings (SSSR count). The van der Waals surface area contributed by atoms with Crippen molar-refractivity contribution in [2.45, 2.75) is 25.3 Å². The number of allylic oxidation sites excluding steroid dienone is 1. The topological polar surface area (TPSA) is 33.7 Å². The molecule has 4 heterocycles. The molecule has 0 N–H and O–H groups in total. The number of thiophene rings is 1. The van der Waals surface area contributed by atoms with Gasteiger partial charge in [0.25, 0.3) is 0 Å². The zero-order valence-corrected chi connectivity index (χ0v) is 26.2. The van der Waals surface area contributed by atoms with Crippen molar-refractivity contribution in [3.63, 3.8) is 0 Å². The second kappa shape index (κ2) is 12.2. The molecule has 0 saturated heterocycles. The molecule has 0 spiro atoms. The Morgan fingerprint density at radius 2 is 1.70 bits per heavy atom. The molecule has 7 aromatic rings. The van der Waals surface area contributed by atoms with Crippen molar-refractivity contribution in [3.05, 3.63) is 157 Å². The van der Waals surface area contributed by atoms with Crippen molar-refractivity contribution in [2.24, 2.45) is 0 Å². The van der Waals surface area contributed by atoms with Gasteiger partial charge in [-0.05, 0) is 84.5 Å². The fourth-order valence-electron chi connectivity index (χ4n) is 6.25. The molecule has 46 heavy (non-hydrogen) atoms. The molecule has 1 atom stereocenters. The first kappa shape index (κ1) is 28.1. The lowest BCUT2D eigenvalue weighted by atomic mass is 10.1. The van der Waals surface area contributed by atoms with Crippen molar-refractivity contribution < 1.29 is 4.42 Å². The monoisotopic (exact) mass is 615 g/mol. The molecule has 1 aliphatic rings. The van der Waals surface area contributed by atoms with E-state index >= 15 is 0 Å². The largest absolute Gasteiger partial charge is 0.461 e. The Hall–Kier alpha value is -5.39. The molecule has 0 radical (unpaired) electrons. The number of furan rings is 1. The van der Waals surface area contributed by atoms with E-state index in [0.717, 1.165) is 59.1 Å². The smallest absolute Gasteiger partial charge is 0.137 e. The van der Waals surface area contributed by atoms with Gasteiger partial charge in [-0.25, -0.2) is 4.98 Å². The molecular formula is C41H33N3OS. The summed E-state index contributed by atoms with van der Waals surface area (Å²) in [5, 5.41) is 1.28. The van der Waals surface area contributed by atoms with E-state index in [9.17, 15) is 0 Å². The maximum atomic E-state index is 6.12. The summed E-state index contributed by atoms with van der Waals surface area (Å²) in [6.45, 7) is 4.27. The molecule has 1 unspecified atom stereocenters. The second-order valence-corrected chi connectivity index (χ2v) is 12.7. The predicted octanol–water partition coefficient (Wildman–Crippen LogP) is 11.2. The van der Waals surface area contributed by atoms with E-state index in [1.807, 2.05) is 41.8 Å². The third kappa shape index (κ3) is 5.50. The maximum absolute atomic E-state index is 6.12. The van der Waals surface area contributed by atoms with Crippen LogP contribution >= 0.6 is 11.3 Å². The predicted molar refractivity (Wildman–Crippen MR) is 194 cm³/mol. The Morgan fingerprint density at radius 1 is 0.913 bits per heavy atom. The number of anilines is 2. The van der Waals surface area contributed by atoms with Crippen LogP contribution in [0.2, 0.25) is 0 Å². The average molecular weight is 616 g/mol. The van der Waals surface area contributed by atoms with Crippen molar-refractivity contribution >= 4 is 50.6 Å². The first-order valence-electron chi connectivity index (χ1n) is 15.7. The molecule has 4 nitrogen and oxygen atoms in total. The summed E-state index contributed by atoms with van der Waals surface area (Å²) in [5.74, 6) is 1.98. The Bertz CT molecular complexity index is 2030. The van der Waals surface area contributed by atoms with Crippen LogP contribution in [0.3, 0.4) is 0 Å². The summed E-state index contributed by atoms with van der Waals surface area (Å²) in [5.41, 5.74) is 7.60. The molecule has 224 valence electrons. The zero-order valence-electron chi connectivity index (χ0n) is 25.4. The number of fused-ring (bicyclic) bond motifs is 3. The Morgan fingerprint density at radius 3 is 2.46 bits per heavy atom. The number of imidazole rings is 1. The fourth-order valence-corrected chi connectivity index (χ4v) is 7.32. The van der Waals surface area contributed by atoms with Crippen LogP contribution in [0.15, 0.2) is 145 Å². The van der Waals surface area contributed by atoms with Crippen molar-refractivity contribution in [2.75, 3.05) is 4.90 Å². The van der Waals surface area contributed by atoms with Crippen molar-refractivity contribution in [1.29, 1.82) is 0 Å². The number of rotatable bonds is 9. The van der Waals surface area contributed by atoms with Crippen LogP contribution in [0.25, 0.3) is 49.6 Å². The van der Waals surface area contributed by atoms with E-state index in [1.54, 1.807) is 0 Å². The van der Waals surface area contributed by atoms with Gasteiger partial charge in [-0.15, -0.1) is 17.9 Å². The lowest BCUT2D eigenvalue weighted by Gasteiger charge is -2.32. The number of aromatic nitrogens is 2. The van der Waals surface area contributed by atoms with Crippen LogP contribution in [0.1, 0.15) is 29.9 Å². The number of pyridine rings is 1. The van der Waals surface area contributed by atoms with Crippen LogP contribution in [0.5, 0.6) is 0 Å². The standard InChI is InChI=1S/C41H33N3OS/c1-2-33(12-9-13-36-26-31-10-3-5-14-38(31)45-36)44(34-21-17-29(18-22-34)37-28-43-25-8-7-16-41(43)42-37)35-23-19-30(20-24-35)40-27-32-11-4-6-15-39(32)46-40/h2-4,6-11,13,15-28,33H,1,5,12,14H2/b13-9+. The summed E-state index contributed by atoms with van der Waals surface area (Å²) < 4.78 is 9.48. The molecule has 0 aliphatic heterocycles. The number of hydrogen-bond acceptors (Lipinski definition) is 4. The lowest BCUT2D eigenvalue weighted by molar-refractivity contribution is 0.499. The van der Waals surface area contributed by atoms with Gasteiger partial charge in [-0.3, -0.25) is 0 Å². The summed E-state index contributed by atoms with van der Waals surface area (Å²) in [4.78, 5) is 8.47. The van der Waals surface area contributed by atoms with E-state index < -0.39 is 0 Å². The Balaban J connectivity index is 1.11. The van der Waals surface area contributed by atoms with E-state index in [-0.39, 0.29) is 6.04 Å². The minimum atomic E-state index is 0.0250. The van der Waals surface area contributed by atoms with Gasteiger partial charge in [0.05, 0.1) is 11.7 Å². The van der Waals surface area contributed by atoms with Crippen LogP contribution in [-0.2, 0) is 6.42 Å². The van der Waals surface area contributed by atoms with Gasteiger partial charge in [-0.2, -0.15) is 0 Å².